The zero-order valence-electron chi connectivity index (χ0n) is 7.01. The van der Waals surface area contributed by atoms with Gasteiger partial charge in [0, 0.05) is 12.3 Å². The van der Waals surface area contributed by atoms with E-state index in [4.69, 9.17) is 5.73 Å². The summed E-state index contributed by atoms with van der Waals surface area (Å²) >= 11 is 2.06. The standard InChI is InChI=1S/C8H18N2S/c9-5-3-1-2-4-8-10-6-7-11-8/h8,10H,1-7,9H2. The molecular formula is C8H18N2S. The Balaban J connectivity index is 1.86. The monoisotopic (exact) mass is 174 g/mol. The van der Waals surface area contributed by atoms with Gasteiger partial charge in [0.05, 0.1) is 5.37 Å². The molecule has 0 amide bonds. The molecule has 0 radical (unpaired) electrons. The molecule has 66 valence electrons. The Kier molecular flexibility index (Phi) is 4.99. The van der Waals surface area contributed by atoms with Crippen molar-refractivity contribution < 1.29 is 0 Å². The number of thioether (sulfide) groups is 1. The summed E-state index contributed by atoms with van der Waals surface area (Å²) in [5, 5.41) is 4.21. The Morgan fingerprint density at radius 1 is 1.36 bits per heavy atom. The molecule has 0 aromatic carbocycles. The highest BCUT2D eigenvalue weighted by Gasteiger charge is 2.12. The first-order chi connectivity index (χ1) is 5.43. The lowest BCUT2D eigenvalue weighted by molar-refractivity contribution is 0.589. The maximum atomic E-state index is 5.40. The molecule has 1 saturated heterocycles. The van der Waals surface area contributed by atoms with Gasteiger partial charge >= 0.3 is 0 Å². The van der Waals surface area contributed by atoms with E-state index in [1.165, 1.54) is 38.0 Å². The van der Waals surface area contributed by atoms with Crippen LogP contribution in [-0.2, 0) is 0 Å². The lowest BCUT2D eigenvalue weighted by atomic mass is 10.2. The van der Waals surface area contributed by atoms with Crippen molar-refractivity contribution in [3.63, 3.8) is 0 Å². The third kappa shape index (κ3) is 3.99. The van der Waals surface area contributed by atoms with Gasteiger partial charge in [-0.2, -0.15) is 0 Å². The molecule has 0 aromatic rings. The fourth-order valence-corrected chi connectivity index (χ4v) is 2.41. The smallest absolute Gasteiger partial charge is 0.0532 e. The van der Waals surface area contributed by atoms with Crippen LogP contribution in [0.1, 0.15) is 25.7 Å². The largest absolute Gasteiger partial charge is 0.330 e. The van der Waals surface area contributed by atoms with Crippen molar-refractivity contribution in [1.82, 2.24) is 5.32 Å². The second-order valence-electron chi connectivity index (χ2n) is 2.95. The van der Waals surface area contributed by atoms with E-state index < -0.39 is 0 Å². The van der Waals surface area contributed by atoms with Gasteiger partial charge in [-0.05, 0) is 19.4 Å². The summed E-state index contributed by atoms with van der Waals surface area (Å²) in [6.45, 7) is 2.05. The van der Waals surface area contributed by atoms with E-state index in [1.54, 1.807) is 0 Å². The van der Waals surface area contributed by atoms with Crippen LogP contribution in [-0.4, -0.2) is 24.2 Å². The van der Waals surface area contributed by atoms with Crippen molar-refractivity contribution >= 4 is 11.8 Å². The van der Waals surface area contributed by atoms with Crippen LogP contribution in [0.2, 0.25) is 0 Å². The maximum absolute atomic E-state index is 5.40. The topological polar surface area (TPSA) is 38.0 Å². The molecule has 3 N–H and O–H groups in total. The Bertz CT molecular complexity index is 92.1. The molecule has 1 heterocycles. The Morgan fingerprint density at radius 2 is 2.27 bits per heavy atom. The highest BCUT2D eigenvalue weighted by atomic mass is 32.2. The molecule has 1 unspecified atom stereocenters. The van der Waals surface area contributed by atoms with Gasteiger partial charge in [-0.15, -0.1) is 11.8 Å². The summed E-state index contributed by atoms with van der Waals surface area (Å²) in [6, 6.07) is 0. The molecular weight excluding hydrogens is 156 g/mol. The van der Waals surface area contributed by atoms with Gasteiger partial charge in [-0.25, -0.2) is 0 Å². The van der Waals surface area contributed by atoms with Crippen LogP contribution in [0.3, 0.4) is 0 Å². The van der Waals surface area contributed by atoms with Crippen molar-refractivity contribution in [3.8, 4) is 0 Å². The van der Waals surface area contributed by atoms with Crippen molar-refractivity contribution in [2.45, 2.75) is 31.1 Å². The average Bonchev–Trinajstić information content (AvgIpc) is 2.50. The molecule has 0 saturated carbocycles. The average molecular weight is 174 g/mol. The number of hydrogen-bond donors (Lipinski definition) is 2. The van der Waals surface area contributed by atoms with Gasteiger partial charge < -0.3 is 11.1 Å². The SMILES string of the molecule is NCCCCCC1NCCS1. The summed E-state index contributed by atoms with van der Waals surface area (Å²) in [6.07, 6.45) is 5.15. The van der Waals surface area contributed by atoms with Crippen LogP contribution in [0.25, 0.3) is 0 Å². The molecule has 0 aliphatic carbocycles. The first-order valence-corrected chi connectivity index (χ1v) is 5.53. The zero-order chi connectivity index (χ0) is 7.94. The zero-order valence-corrected chi connectivity index (χ0v) is 7.83. The number of nitrogens with one attached hydrogen (secondary N) is 1. The molecule has 0 bridgehead atoms. The summed E-state index contributed by atoms with van der Waals surface area (Å²) < 4.78 is 0. The Labute approximate surface area is 73.3 Å². The van der Waals surface area contributed by atoms with E-state index in [0.717, 1.165) is 11.9 Å². The van der Waals surface area contributed by atoms with E-state index in [9.17, 15) is 0 Å². The minimum absolute atomic E-state index is 0.743. The normalized spacial score (nSPS) is 24.3. The van der Waals surface area contributed by atoms with E-state index in [0.29, 0.717) is 0 Å². The third-order valence-corrected chi connectivity index (χ3v) is 3.21. The highest BCUT2D eigenvalue weighted by molar-refractivity contribution is 8.00. The first kappa shape index (κ1) is 9.36. The molecule has 3 heteroatoms. The molecule has 1 atom stereocenters. The predicted octanol–water partition coefficient (Wildman–Crippen LogP) is 1.17. The summed E-state index contributed by atoms with van der Waals surface area (Å²) in [4.78, 5) is 0. The quantitative estimate of drug-likeness (QED) is 0.614. The number of unbranched alkanes of at least 4 members (excludes halogenated alkanes) is 2. The van der Waals surface area contributed by atoms with Crippen molar-refractivity contribution in [3.05, 3.63) is 0 Å². The van der Waals surface area contributed by atoms with E-state index >= 15 is 0 Å². The van der Waals surface area contributed by atoms with Crippen molar-refractivity contribution in [1.29, 1.82) is 0 Å². The summed E-state index contributed by atoms with van der Waals surface area (Å²) in [5.41, 5.74) is 5.40. The van der Waals surface area contributed by atoms with Gasteiger partial charge in [0.25, 0.3) is 0 Å². The number of rotatable bonds is 5. The minimum Gasteiger partial charge on any atom is -0.330 e. The highest BCUT2D eigenvalue weighted by Crippen LogP contribution is 2.19. The van der Waals surface area contributed by atoms with Gasteiger partial charge in [-0.3, -0.25) is 0 Å². The van der Waals surface area contributed by atoms with Crippen LogP contribution in [0.15, 0.2) is 0 Å². The molecule has 0 spiro atoms. The van der Waals surface area contributed by atoms with E-state index in [-0.39, 0.29) is 0 Å². The Hall–Kier alpha value is 0.270. The second kappa shape index (κ2) is 5.86. The lowest BCUT2D eigenvalue weighted by Gasteiger charge is -2.07. The maximum Gasteiger partial charge on any atom is 0.0532 e. The van der Waals surface area contributed by atoms with Crippen molar-refractivity contribution in [2.24, 2.45) is 5.73 Å². The van der Waals surface area contributed by atoms with Crippen LogP contribution in [0.5, 0.6) is 0 Å². The molecule has 1 rings (SSSR count). The van der Waals surface area contributed by atoms with Gasteiger partial charge in [-0.1, -0.05) is 12.8 Å². The molecule has 1 aliphatic rings. The predicted molar refractivity (Wildman–Crippen MR) is 51.8 cm³/mol. The first-order valence-electron chi connectivity index (χ1n) is 4.48. The van der Waals surface area contributed by atoms with Crippen LogP contribution in [0, 0.1) is 0 Å². The molecule has 1 fully saturated rings. The summed E-state index contributed by atoms with van der Waals surface area (Å²) in [7, 11) is 0. The number of hydrogen-bond acceptors (Lipinski definition) is 3. The molecule has 2 nitrogen and oxygen atoms in total. The molecule has 1 aliphatic heterocycles. The second-order valence-corrected chi connectivity index (χ2v) is 4.26. The molecule has 11 heavy (non-hydrogen) atoms. The van der Waals surface area contributed by atoms with Crippen LogP contribution < -0.4 is 11.1 Å². The van der Waals surface area contributed by atoms with Crippen LogP contribution in [0.4, 0.5) is 0 Å². The van der Waals surface area contributed by atoms with Crippen LogP contribution >= 0.6 is 11.8 Å². The fraction of sp³-hybridized carbons (Fsp3) is 1.00. The van der Waals surface area contributed by atoms with Gasteiger partial charge in [0.1, 0.15) is 0 Å². The minimum atomic E-state index is 0.743. The van der Waals surface area contributed by atoms with E-state index in [1.807, 2.05) is 0 Å². The van der Waals surface area contributed by atoms with Gasteiger partial charge in [0.15, 0.2) is 0 Å². The third-order valence-electron chi connectivity index (χ3n) is 1.96. The van der Waals surface area contributed by atoms with Gasteiger partial charge in [0.2, 0.25) is 0 Å². The summed E-state index contributed by atoms with van der Waals surface area (Å²) in [5.74, 6) is 1.29. The lowest BCUT2D eigenvalue weighted by Crippen LogP contribution is -2.19. The fourth-order valence-electron chi connectivity index (χ4n) is 1.32. The Morgan fingerprint density at radius 3 is 2.91 bits per heavy atom. The van der Waals surface area contributed by atoms with Crippen molar-refractivity contribution in [2.75, 3.05) is 18.8 Å². The van der Waals surface area contributed by atoms with E-state index in [2.05, 4.69) is 17.1 Å². The molecule has 0 aromatic heterocycles. The number of nitrogens with two attached hydrogens (primary N) is 1.